The molecule has 0 spiro atoms. The van der Waals surface area contributed by atoms with Crippen LogP contribution in [0.5, 0.6) is 0 Å². The molecule has 3 rings (SSSR count). The smallest absolute Gasteiger partial charge is 0.335 e. The first kappa shape index (κ1) is 15.6. The summed E-state index contributed by atoms with van der Waals surface area (Å²) in [4.78, 5) is 15.6. The summed E-state index contributed by atoms with van der Waals surface area (Å²) in [5.74, 6) is -0.858. The Bertz CT molecular complexity index is 725. The van der Waals surface area contributed by atoms with Gasteiger partial charge >= 0.3 is 5.97 Å². The molecular formula is C19H22N2O2. The number of carbonyl (C=O) groups is 1. The molecule has 0 bridgehead atoms. The van der Waals surface area contributed by atoms with E-state index in [1.807, 2.05) is 26.2 Å². The number of hydrogen-bond donors (Lipinski definition) is 1. The minimum atomic E-state index is -0.858. The van der Waals surface area contributed by atoms with Crippen molar-refractivity contribution in [1.29, 1.82) is 0 Å². The zero-order chi connectivity index (χ0) is 16.4. The fourth-order valence-electron chi connectivity index (χ4n) is 3.07. The molecule has 2 aromatic rings. The van der Waals surface area contributed by atoms with Crippen LogP contribution in [0.25, 0.3) is 0 Å². The van der Waals surface area contributed by atoms with Crippen molar-refractivity contribution in [3.05, 3.63) is 64.7 Å². The van der Waals surface area contributed by atoms with Gasteiger partial charge < -0.3 is 10.0 Å². The molecule has 0 saturated carbocycles. The Balaban J connectivity index is 1.75. The molecular weight excluding hydrogens is 288 g/mol. The summed E-state index contributed by atoms with van der Waals surface area (Å²) < 4.78 is 0. The number of rotatable bonds is 4. The third-order valence-corrected chi connectivity index (χ3v) is 4.38. The van der Waals surface area contributed by atoms with E-state index in [4.69, 9.17) is 5.11 Å². The molecule has 0 aliphatic carbocycles. The molecule has 1 heterocycles. The van der Waals surface area contributed by atoms with Crippen LogP contribution >= 0.6 is 0 Å². The zero-order valence-corrected chi connectivity index (χ0v) is 13.6. The van der Waals surface area contributed by atoms with Crippen molar-refractivity contribution in [3.63, 3.8) is 0 Å². The van der Waals surface area contributed by atoms with Gasteiger partial charge in [-0.2, -0.15) is 0 Å². The summed E-state index contributed by atoms with van der Waals surface area (Å²) in [6, 6.07) is 14.0. The molecule has 1 N–H and O–H groups in total. The van der Waals surface area contributed by atoms with Crippen LogP contribution in [-0.4, -0.2) is 36.6 Å². The normalized spacial score (nSPS) is 14.3. The maximum absolute atomic E-state index is 11.1. The van der Waals surface area contributed by atoms with Crippen LogP contribution in [0.2, 0.25) is 0 Å². The van der Waals surface area contributed by atoms with Crippen molar-refractivity contribution in [1.82, 2.24) is 4.90 Å². The third kappa shape index (κ3) is 3.54. The Morgan fingerprint density at radius 2 is 2.00 bits per heavy atom. The lowest BCUT2D eigenvalue weighted by Gasteiger charge is -2.29. The Morgan fingerprint density at radius 3 is 2.74 bits per heavy atom. The van der Waals surface area contributed by atoms with E-state index in [2.05, 4.69) is 34.1 Å². The van der Waals surface area contributed by atoms with Crippen molar-refractivity contribution in [2.24, 2.45) is 0 Å². The maximum Gasteiger partial charge on any atom is 0.335 e. The van der Waals surface area contributed by atoms with E-state index < -0.39 is 5.97 Å². The molecule has 0 atom stereocenters. The number of carboxylic acids is 1. The van der Waals surface area contributed by atoms with Crippen molar-refractivity contribution >= 4 is 11.7 Å². The van der Waals surface area contributed by atoms with Crippen molar-refractivity contribution < 1.29 is 9.90 Å². The van der Waals surface area contributed by atoms with Gasteiger partial charge in [0.15, 0.2) is 0 Å². The first-order valence-corrected chi connectivity index (χ1v) is 7.86. The highest BCUT2D eigenvalue weighted by atomic mass is 16.4. The predicted octanol–water partition coefficient (Wildman–Crippen LogP) is 3.01. The highest BCUT2D eigenvalue weighted by Crippen LogP contribution is 2.23. The van der Waals surface area contributed by atoms with Gasteiger partial charge in [-0.15, -0.1) is 0 Å². The Morgan fingerprint density at radius 1 is 1.17 bits per heavy atom. The van der Waals surface area contributed by atoms with Gasteiger partial charge in [0, 0.05) is 39.4 Å². The monoisotopic (exact) mass is 310 g/mol. The molecule has 4 heteroatoms. The van der Waals surface area contributed by atoms with Crippen LogP contribution in [0.15, 0.2) is 42.5 Å². The van der Waals surface area contributed by atoms with Crippen molar-refractivity contribution in [3.8, 4) is 0 Å². The van der Waals surface area contributed by atoms with Gasteiger partial charge in [-0.1, -0.05) is 18.2 Å². The second-order valence-electron chi connectivity index (χ2n) is 6.31. The molecule has 4 nitrogen and oxygen atoms in total. The van der Waals surface area contributed by atoms with Gasteiger partial charge in [-0.05, 0) is 47.4 Å². The standard InChI is InChI=1S/C19H22N2O2/c1-20(2)18-5-3-4-14(10-18)12-21-9-8-15-6-7-16(19(22)23)11-17(15)13-21/h3-7,10-11H,8-9,12-13H2,1-2H3,(H,22,23). The van der Waals surface area contributed by atoms with Crippen LogP contribution in [0.3, 0.4) is 0 Å². The summed E-state index contributed by atoms with van der Waals surface area (Å²) in [5.41, 5.74) is 5.27. The molecule has 0 saturated heterocycles. The molecule has 1 aliphatic rings. The first-order valence-electron chi connectivity index (χ1n) is 7.86. The van der Waals surface area contributed by atoms with Crippen LogP contribution in [0, 0.1) is 0 Å². The van der Waals surface area contributed by atoms with E-state index in [1.165, 1.54) is 16.8 Å². The van der Waals surface area contributed by atoms with Gasteiger partial charge in [-0.25, -0.2) is 4.79 Å². The van der Waals surface area contributed by atoms with E-state index in [-0.39, 0.29) is 0 Å². The number of fused-ring (bicyclic) bond motifs is 1. The van der Waals surface area contributed by atoms with Gasteiger partial charge in [0.1, 0.15) is 0 Å². The minimum absolute atomic E-state index is 0.375. The lowest BCUT2D eigenvalue weighted by Crippen LogP contribution is -2.30. The van der Waals surface area contributed by atoms with Gasteiger partial charge in [0.05, 0.1) is 5.56 Å². The Kier molecular flexibility index (Phi) is 4.35. The lowest BCUT2D eigenvalue weighted by molar-refractivity contribution is 0.0696. The van der Waals surface area contributed by atoms with Crippen LogP contribution in [0.4, 0.5) is 5.69 Å². The third-order valence-electron chi connectivity index (χ3n) is 4.38. The van der Waals surface area contributed by atoms with Gasteiger partial charge in [0.25, 0.3) is 0 Å². The van der Waals surface area contributed by atoms with E-state index in [9.17, 15) is 4.79 Å². The highest BCUT2D eigenvalue weighted by molar-refractivity contribution is 5.87. The Hall–Kier alpha value is -2.33. The SMILES string of the molecule is CN(C)c1cccc(CN2CCc3ccc(C(=O)O)cc3C2)c1. The average Bonchev–Trinajstić information content (AvgIpc) is 2.54. The van der Waals surface area contributed by atoms with Crippen LogP contribution in [0.1, 0.15) is 27.0 Å². The van der Waals surface area contributed by atoms with Crippen molar-refractivity contribution in [2.45, 2.75) is 19.5 Å². The fourth-order valence-corrected chi connectivity index (χ4v) is 3.07. The zero-order valence-electron chi connectivity index (χ0n) is 13.6. The van der Waals surface area contributed by atoms with Crippen LogP contribution in [-0.2, 0) is 19.5 Å². The lowest BCUT2D eigenvalue weighted by atomic mass is 9.97. The Labute approximate surface area is 137 Å². The quantitative estimate of drug-likeness (QED) is 0.943. The summed E-state index contributed by atoms with van der Waals surface area (Å²) in [7, 11) is 4.09. The molecule has 0 amide bonds. The maximum atomic E-state index is 11.1. The largest absolute Gasteiger partial charge is 0.478 e. The molecule has 0 aromatic heterocycles. The average molecular weight is 310 g/mol. The van der Waals surface area contributed by atoms with Gasteiger partial charge in [-0.3, -0.25) is 4.90 Å². The number of hydrogen-bond acceptors (Lipinski definition) is 3. The fraction of sp³-hybridized carbons (Fsp3) is 0.316. The summed E-state index contributed by atoms with van der Waals surface area (Å²) >= 11 is 0. The van der Waals surface area contributed by atoms with E-state index >= 15 is 0 Å². The first-order chi connectivity index (χ1) is 11.0. The second-order valence-corrected chi connectivity index (χ2v) is 6.31. The number of anilines is 1. The predicted molar refractivity (Wildman–Crippen MR) is 92.0 cm³/mol. The molecule has 0 fully saturated rings. The van der Waals surface area contributed by atoms with Crippen LogP contribution < -0.4 is 4.90 Å². The summed E-state index contributed by atoms with van der Waals surface area (Å²) in [5, 5.41) is 9.15. The molecule has 0 unspecified atom stereocenters. The number of nitrogens with zero attached hydrogens (tertiary/aromatic N) is 2. The van der Waals surface area contributed by atoms with Gasteiger partial charge in [0.2, 0.25) is 0 Å². The summed E-state index contributed by atoms with van der Waals surface area (Å²) in [6.07, 6.45) is 0.975. The number of aromatic carboxylic acids is 1. The van der Waals surface area contributed by atoms with Crippen molar-refractivity contribution in [2.75, 3.05) is 25.5 Å². The molecule has 1 aliphatic heterocycles. The molecule has 23 heavy (non-hydrogen) atoms. The molecule has 0 radical (unpaired) electrons. The van der Waals surface area contributed by atoms with E-state index in [1.54, 1.807) is 6.07 Å². The number of benzene rings is 2. The van der Waals surface area contributed by atoms with E-state index in [0.717, 1.165) is 31.6 Å². The molecule has 120 valence electrons. The minimum Gasteiger partial charge on any atom is -0.478 e. The number of carboxylic acid groups (broad SMARTS) is 1. The highest BCUT2D eigenvalue weighted by Gasteiger charge is 2.18. The van der Waals surface area contributed by atoms with E-state index in [0.29, 0.717) is 5.56 Å². The summed E-state index contributed by atoms with van der Waals surface area (Å²) in [6.45, 7) is 2.70. The molecule has 2 aromatic carbocycles. The second kappa shape index (κ2) is 6.42. The topological polar surface area (TPSA) is 43.8 Å².